The Labute approximate surface area is 159 Å². The average Bonchev–Trinajstić information content (AvgIpc) is 2.94. The van der Waals surface area contributed by atoms with Gasteiger partial charge in [0.05, 0.1) is 6.04 Å². The topological polar surface area (TPSA) is 85.3 Å². The largest absolute Gasteiger partial charge is 0.346 e. The fourth-order valence-corrected chi connectivity index (χ4v) is 2.61. The van der Waals surface area contributed by atoms with Crippen molar-refractivity contribution in [3.05, 3.63) is 30.2 Å². The molecule has 0 saturated heterocycles. The summed E-state index contributed by atoms with van der Waals surface area (Å²) in [5, 5.41) is 11.5. The van der Waals surface area contributed by atoms with Gasteiger partial charge in [-0.05, 0) is 37.5 Å². The second kappa shape index (κ2) is 10.8. The molecule has 1 amide bonds. The quantitative estimate of drug-likeness (QED) is 0.754. The first-order valence-corrected chi connectivity index (χ1v) is 8.78. The van der Waals surface area contributed by atoms with Crippen LogP contribution in [0.15, 0.2) is 24.4 Å². The smallest absolute Gasteiger partial charge is 0.224 e. The summed E-state index contributed by atoms with van der Waals surface area (Å²) in [6, 6.07) is 5.39. The third-order valence-corrected chi connectivity index (χ3v) is 4.43. The van der Waals surface area contributed by atoms with Crippen molar-refractivity contribution in [2.24, 2.45) is 11.7 Å². The highest BCUT2D eigenvalue weighted by Gasteiger charge is 2.24. The highest BCUT2D eigenvalue weighted by Crippen LogP contribution is 2.19. The van der Waals surface area contributed by atoms with Crippen molar-refractivity contribution in [3.63, 3.8) is 0 Å². The van der Waals surface area contributed by atoms with Crippen LogP contribution in [-0.2, 0) is 4.79 Å². The lowest BCUT2D eigenvalue weighted by atomic mass is 10.0. The second-order valence-electron chi connectivity index (χ2n) is 5.48. The number of fused-ring (bicyclic) bond motifs is 1. The van der Waals surface area contributed by atoms with Gasteiger partial charge in [0.2, 0.25) is 5.91 Å². The van der Waals surface area contributed by atoms with Crippen LogP contribution in [-0.4, -0.2) is 38.6 Å². The van der Waals surface area contributed by atoms with Gasteiger partial charge in [-0.25, -0.2) is 0 Å². The summed E-state index contributed by atoms with van der Waals surface area (Å²) in [6.45, 7) is 3.68. The number of aromatic nitrogens is 3. The molecule has 2 rings (SSSR count). The van der Waals surface area contributed by atoms with Gasteiger partial charge >= 0.3 is 0 Å². The minimum Gasteiger partial charge on any atom is -0.346 e. The fraction of sp³-hybridized carbons (Fsp3) is 0.533. The minimum absolute atomic E-state index is 0. The third-order valence-electron chi connectivity index (χ3n) is 3.78. The van der Waals surface area contributed by atoms with E-state index >= 15 is 0 Å². The van der Waals surface area contributed by atoms with Crippen LogP contribution >= 0.6 is 36.6 Å². The number of carbonyl (C=O) groups excluding carboxylic acids is 1. The predicted molar refractivity (Wildman–Crippen MR) is 104 cm³/mol. The first-order chi connectivity index (χ1) is 10.5. The Balaban J connectivity index is 0.00000264. The van der Waals surface area contributed by atoms with E-state index in [9.17, 15) is 4.79 Å². The highest BCUT2D eigenvalue weighted by molar-refractivity contribution is 7.98. The van der Waals surface area contributed by atoms with E-state index in [2.05, 4.69) is 15.5 Å². The van der Waals surface area contributed by atoms with E-state index in [4.69, 9.17) is 5.73 Å². The van der Waals surface area contributed by atoms with Gasteiger partial charge in [-0.15, -0.1) is 35.0 Å². The Hall–Kier alpha value is -1.02. The fourth-order valence-electron chi connectivity index (χ4n) is 2.14. The number of pyridine rings is 1. The molecule has 6 nitrogen and oxygen atoms in total. The number of thioether (sulfide) groups is 1. The van der Waals surface area contributed by atoms with Crippen molar-refractivity contribution in [1.29, 1.82) is 0 Å². The molecular formula is C15H25Cl2N5OS. The van der Waals surface area contributed by atoms with Crippen LogP contribution in [0.25, 0.3) is 5.65 Å². The molecule has 2 aromatic heterocycles. The number of carbonyl (C=O) groups is 1. The minimum atomic E-state index is -0.240. The molecule has 136 valence electrons. The van der Waals surface area contributed by atoms with E-state index < -0.39 is 0 Å². The Kier molecular flexibility index (Phi) is 10.3. The molecule has 0 radical (unpaired) electrons. The summed E-state index contributed by atoms with van der Waals surface area (Å²) in [5.41, 5.74) is 6.60. The zero-order chi connectivity index (χ0) is 16.1. The molecule has 0 saturated carbocycles. The van der Waals surface area contributed by atoms with Crippen molar-refractivity contribution in [1.82, 2.24) is 19.9 Å². The van der Waals surface area contributed by atoms with Gasteiger partial charge in [-0.2, -0.15) is 11.8 Å². The van der Waals surface area contributed by atoms with Crippen molar-refractivity contribution in [2.75, 3.05) is 12.0 Å². The number of nitrogens with one attached hydrogen (secondary N) is 1. The summed E-state index contributed by atoms with van der Waals surface area (Å²) in [7, 11) is 0. The van der Waals surface area contributed by atoms with Gasteiger partial charge in [-0.1, -0.05) is 13.0 Å². The van der Waals surface area contributed by atoms with Crippen LogP contribution in [0.3, 0.4) is 0 Å². The van der Waals surface area contributed by atoms with E-state index in [0.29, 0.717) is 0 Å². The molecule has 3 atom stereocenters. The predicted octanol–water partition coefficient (Wildman–Crippen LogP) is 2.47. The van der Waals surface area contributed by atoms with Crippen molar-refractivity contribution in [3.8, 4) is 0 Å². The maximum Gasteiger partial charge on any atom is 0.224 e. The summed E-state index contributed by atoms with van der Waals surface area (Å²) in [4.78, 5) is 12.3. The second-order valence-corrected chi connectivity index (χ2v) is 6.46. The number of hydrogen-bond acceptors (Lipinski definition) is 5. The number of amides is 1. The van der Waals surface area contributed by atoms with Gasteiger partial charge in [-0.3, -0.25) is 9.20 Å². The van der Waals surface area contributed by atoms with E-state index in [0.717, 1.165) is 23.6 Å². The zero-order valence-electron chi connectivity index (χ0n) is 14.0. The van der Waals surface area contributed by atoms with Crippen molar-refractivity contribution < 1.29 is 4.79 Å². The standard InChI is InChI=1S/C15H23N5OS.2ClH/c1-10(11(2)16)15(21)17-12(7-9-22-3)14-19-18-13-6-4-5-8-20(13)14;;/h4-6,8,10-12H,7,9,16H2,1-3H3,(H,17,21);2*1H. The summed E-state index contributed by atoms with van der Waals surface area (Å²) >= 11 is 1.74. The molecule has 3 N–H and O–H groups in total. The molecule has 24 heavy (non-hydrogen) atoms. The molecule has 0 fully saturated rings. The maximum absolute atomic E-state index is 12.3. The van der Waals surface area contributed by atoms with Gasteiger partial charge in [0.1, 0.15) is 0 Å². The normalized spacial score (nSPS) is 14.2. The Morgan fingerprint density at radius 3 is 2.67 bits per heavy atom. The van der Waals surface area contributed by atoms with Crippen LogP contribution < -0.4 is 11.1 Å². The van der Waals surface area contributed by atoms with Gasteiger partial charge in [0.25, 0.3) is 0 Å². The summed E-state index contributed by atoms with van der Waals surface area (Å²) < 4.78 is 1.92. The van der Waals surface area contributed by atoms with Crippen molar-refractivity contribution in [2.45, 2.75) is 32.4 Å². The van der Waals surface area contributed by atoms with E-state index in [1.165, 1.54) is 0 Å². The zero-order valence-corrected chi connectivity index (χ0v) is 16.5. The molecule has 3 unspecified atom stereocenters. The molecule has 0 aliphatic carbocycles. The van der Waals surface area contributed by atoms with E-state index in [1.54, 1.807) is 11.8 Å². The van der Waals surface area contributed by atoms with Crippen LogP contribution in [0.2, 0.25) is 0 Å². The molecule has 0 aliphatic heterocycles. The number of nitrogens with zero attached hydrogens (tertiary/aromatic N) is 3. The number of rotatable bonds is 7. The lowest BCUT2D eigenvalue weighted by Gasteiger charge is -2.21. The van der Waals surface area contributed by atoms with E-state index in [-0.39, 0.29) is 48.7 Å². The molecule has 0 spiro atoms. The van der Waals surface area contributed by atoms with E-state index in [1.807, 2.05) is 48.9 Å². The molecule has 2 heterocycles. The first kappa shape index (κ1) is 23.0. The first-order valence-electron chi connectivity index (χ1n) is 7.39. The van der Waals surface area contributed by atoms with Crippen LogP contribution in [0, 0.1) is 5.92 Å². The third kappa shape index (κ3) is 5.51. The monoisotopic (exact) mass is 393 g/mol. The van der Waals surface area contributed by atoms with Crippen LogP contribution in [0.5, 0.6) is 0 Å². The molecule has 0 aliphatic rings. The molecule has 2 aromatic rings. The highest BCUT2D eigenvalue weighted by atomic mass is 35.5. The Morgan fingerprint density at radius 2 is 2.04 bits per heavy atom. The SMILES string of the molecule is CSCCC(NC(=O)C(C)C(C)N)c1nnc2ccccn12.Cl.Cl. The lowest BCUT2D eigenvalue weighted by molar-refractivity contribution is -0.125. The van der Waals surface area contributed by atoms with Crippen LogP contribution in [0.1, 0.15) is 32.1 Å². The van der Waals surface area contributed by atoms with Crippen molar-refractivity contribution >= 4 is 48.1 Å². The molecular weight excluding hydrogens is 369 g/mol. The molecule has 9 heteroatoms. The van der Waals surface area contributed by atoms with Gasteiger partial charge < -0.3 is 11.1 Å². The van der Waals surface area contributed by atoms with Gasteiger partial charge in [0, 0.05) is 18.2 Å². The summed E-state index contributed by atoms with van der Waals surface area (Å²) in [5.74, 6) is 1.40. The van der Waals surface area contributed by atoms with Gasteiger partial charge in [0.15, 0.2) is 11.5 Å². The number of halogens is 2. The Bertz CT molecular complexity index is 637. The molecule has 0 bridgehead atoms. The number of hydrogen-bond donors (Lipinski definition) is 2. The number of nitrogens with two attached hydrogens (primary N) is 1. The summed E-state index contributed by atoms with van der Waals surface area (Å²) in [6.07, 6.45) is 4.76. The maximum atomic E-state index is 12.3. The lowest BCUT2D eigenvalue weighted by Crippen LogP contribution is -2.40. The Morgan fingerprint density at radius 1 is 1.33 bits per heavy atom. The van der Waals surface area contributed by atoms with Crippen LogP contribution in [0.4, 0.5) is 0 Å². The average molecular weight is 394 g/mol. The molecule has 0 aromatic carbocycles.